The molecule has 0 aromatic carbocycles. The Morgan fingerprint density at radius 1 is 1.41 bits per heavy atom. The third-order valence-corrected chi connectivity index (χ3v) is 3.53. The number of hydrogen-bond acceptors (Lipinski definition) is 8. The minimum Gasteiger partial charge on any atom is -0.477 e. The Kier molecular flexibility index (Phi) is 6.50. The van der Waals surface area contributed by atoms with Gasteiger partial charge in [-0.2, -0.15) is 0 Å². The number of carboxylic acid groups (broad SMARTS) is 1. The minimum atomic E-state index is -2.82. The van der Waals surface area contributed by atoms with E-state index in [1.165, 1.54) is 0 Å². The van der Waals surface area contributed by atoms with Gasteiger partial charge in [0.1, 0.15) is 24.2 Å². The first kappa shape index (κ1) is 19.0. The Hall–Kier alpha value is -1.01. The van der Waals surface area contributed by atoms with Gasteiger partial charge in [-0.3, -0.25) is 4.79 Å². The first-order valence-electron chi connectivity index (χ1n) is 6.30. The monoisotopic (exact) mass is 343 g/mol. The van der Waals surface area contributed by atoms with Gasteiger partial charge in [-0.25, -0.2) is 4.79 Å². The van der Waals surface area contributed by atoms with Crippen molar-refractivity contribution >= 4 is 23.5 Å². The molecular weight excluding hydrogens is 326 g/mol. The molecule has 0 radical (unpaired) electrons. The third kappa shape index (κ3) is 4.04. The molecule has 0 saturated carbocycles. The van der Waals surface area contributed by atoms with Crippen LogP contribution in [-0.2, 0) is 14.3 Å². The number of carbonyl (C=O) groups excluding carboxylic acids is 1. The maximum absolute atomic E-state index is 11.3. The van der Waals surface area contributed by atoms with E-state index in [2.05, 4.69) is 5.32 Å². The topological polar surface area (TPSA) is 177 Å². The van der Waals surface area contributed by atoms with Gasteiger partial charge in [0.05, 0.1) is 18.8 Å². The van der Waals surface area contributed by atoms with E-state index >= 15 is 0 Å². The van der Waals surface area contributed by atoms with E-state index < -0.39 is 67.0 Å². The van der Waals surface area contributed by atoms with Crippen molar-refractivity contribution in [3.8, 4) is 0 Å². The van der Waals surface area contributed by atoms with E-state index in [-0.39, 0.29) is 0 Å². The number of amides is 1. The molecule has 128 valence electrons. The lowest BCUT2D eigenvalue weighted by molar-refractivity contribution is -0.295. The number of halogens is 1. The summed E-state index contributed by atoms with van der Waals surface area (Å²) in [6.07, 6.45) is -7.71. The van der Waals surface area contributed by atoms with Crippen molar-refractivity contribution < 1.29 is 45.0 Å². The largest absolute Gasteiger partial charge is 0.477 e. The second kappa shape index (κ2) is 7.51. The highest BCUT2D eigenvalue weighted by Crippen LogP contribution is 2.30. The van der Waals surface area contributed by atoms with Crippen LogP contribution in [0, 0.1) is 0 Å². The molecule has 1 aliphatic heterocycles. The molecule has 7 N–H and O–H groups in total. The van der Waals surface area contributed by atoms with E-state index in [1.807, 2.05) is 0 Å². The number of rotatable bonds is 6. The van der Waals surface area contributed by atoms with Gasteiger partial charge in [0.2, 0.25) is 5.91 Å². The molecule has 0 aromatic rings. The zero-order valence-corrected chi connectivity index (χ0v) is 12.0. The van der Waals surface area contributed by atoms with Crippen LogP contribution in [0.1, 0.15) is 6.42 Å². The quantitative estimate of drug-likeness (QED) is 0.239. The van der Waals surface area contributed by atoms with Crippen LogP contribution in [0.3, 0.4) is 0 Å². The normalized spacial score (nSPS) is 34.7. The summed E-state index contributed by atoms with van der Waals surface area (Å²) in [7, 11) is 0. The molecule has 1 saturated heterocycles. The molecule has 1 aliphatic rings. The molecule has 1 rings (SSSR count). The molecule has 6 atom stereocenters. The second-order valence-corrected chi connectivity index (χ2v) is 5.18. The van der Waals surface area contributed by atoms with E-state index in [9.17, 15) is 30.0 Å². The summed E-state index contributed by atoms with van der Waals surface area (Å²) >= 11 is 5.31. The first-order chi connectivity index (χ1) is 10.2. The van der Waals surface area contributed by atoms with Gasteiger partial charge in [0.25, 0.3) is 5.79 Å². The number of aliphatic hydroxyl groups is 5. The number of aliphatic hydroxyl groups excluding tert-OH is 4. The molecule has 0 aliphatic carbocycles. The van der Waals surface area contributed by atoms with Crippen molar-refractivity contribution in [1.82, 2.24) is 5.32 Å². The molecule has 0 aromatic heterocycles. The fourth-order valence-electron chi connectivity index (χ4n) is 2.13. The van der Waals surface area contributed by atoms with Crippen LogP contribution in [-0.4, -0.2) is 91.2 Å². The molecule has 1 fully saturated rings. The summed E-state index contributed by atoms with van der Waals surface area (Å²) in [5.41, 5.74) is 0. The SMILES string of the molecule is O=C(CCl)NC1C([C@H](O)[C@H](O)CO)O[C@](O)(C(=O)O)C[C@H]1O. The zero-order chi connectivity index (χ0) is 17.1. The van der Waals surface area contributed by atoms with Crippen LogP contribution in [0.5, 0.6) is 0 Å². The summed E-state index contributed by atoms with van der Waals surface area (Å²) in [4.78, 5) is 22.4. The molecule has 11 heteroatoms. The Morgan fingerprint density at radius 2 is 2.00 bits per heavy atom. The standard InChI is InChI=1S/C11H18ClNO9/c12-2-6(17)13-7-4(15)1-11(21,10(19)20)22-9(7)8(18)5(16)3-14/h4-5,7-9,14-16,18,21H,1-3H2,(H,13,17)(H,19,20)/t4-,5-,7?,8-,9?,11+/m1/s1. The second-order valence-electron chi connectivity index (χ2n) is 4.91. The van der Waals surface area contributed by atoms with Gasteiger partial charge in [-0.15, -0.1) is 11.6 Å². The maximum Gasteiger partial charge on any atom is 0.364 e. The number of hydrogen-bond donors (Lipinski definition) is 7. The van der Waals surface area contributed by atoms with Crippen molar-refractivity contribution in [2.45, 2.75) is 42.7 Å². The van der Waals surface area contributed by atoms with Crippen LogP contribution in [0.4, 0.5) is 0 Å². The van der Waals surface area contributed by atoms with Crippen LogP contribution in [0.2, 0.25) is 0 Å². The molecule has 22 heavy (non-hydrogen) atoms. The van der Waals surface area contributed by atoms with E-state index in [1.54, 1.807) is 0 Å². The van der Waals surface area contributed by atoms with Crippen molar-refractivity contribution in [2.24, 2.45) is 0 Å². The van der Waals surface area contributed by atoms with Crippen LogP contribution < -0.4 is 5.32 Å². The predicted octanol–water partition coefficient (Wildman–Crippen LogP) is -3.65. The minimum absolute atomic E-state index is 0.474. The van der Waals surface area contributed by atoms with E-state index in [0.29, 0.717) is 0 Å². The molecular formula is C11H18ClNO9. The van der Waals surface area contributed by atoms with Gasteiger partial charge >= 0.3 is 5.97 Å². The van der Waals surface area contributed by atoms with Crippen molar-refractivity contribution in [3.63, 3.8) is 0 Å². The molecule has 1 amide bonds. The summed E-state index contributed by atoms with van der Waals surface area (Å²) in [5.74, 6) is -5.85. The fraction of sp³-hybridized carbons (Fsp3) is 0.818. The Bertz CT molecular complexity index is 422. The van der Waals surface area contributed by atoms with Crippen LogP contribution in [0.25, 0.3) is 0 Å². The highest BCUT2D eigenvalue weighted by molar-refractivity contribution is 6.27. The third-order valence-electron chi connectivity index (χ3n) is 3.29. The lowest BCUT2D eigenvalue weighted by atomic mass is 9.88. The number of aliphatic carboxylic acids is 1. The molecule has 1 heterocycles. The molecule has 2 unspecified atom stereocenters. The van der Waals surface area contributed by atoms with Gasteiger partial charge in [0.15, 0.2) is 0 Å². The first-order valence-corrected chi connectivity index (χ1v) is 6.83. The highest BCUT2D eigenvalue weighted by Gasteiger charge is 2.53. The van der Waals surface area contributed by atoms with Crippen molar-refractivity contribution in [1.29, 1.82) is 0 Å². The lowest BCUT2D eigenvalue weighted by Crippen LogP contribution is -2.67. The van der Waals surface area contributed by atoms with Gasteiger partial charge in [-0.05, 0) is 0 Å². The van der Waals surface area contributed by atoms with Gasteiger partial charge in [-0.1, -0.05) is 0 Å². The number of nitrogens with one attached hydrogen (secondary N) is 1. The summed E-state index contributed by atoms with van der Waals surface area (Å²) in [5, 5.41) is 59.1. The predicted molar refractivity (Wildman–Crippen MR) is 69.8 cm³/mol. The highest BCUT2D eigenvalue weighted by atomic mass is 35.5. The number of ether oxygens (including phenoxy) is 1. The number of carboxylic acids is 1. The molecule has 0 spiro atoms. The van der Waals surface area contributed by atoms with E-state index in [0.717, 1.165) is 0 Å². The van der Waals surface area contributed by atoms with E-state index in [4.69, 9.17) is 26.6 Å². The van der Waals surface area contributed by atoms with Crippen molar-refractivity contribution in [2.75, 3.05) is 12.5 Å². The summed E-state index contributed by atoms with van der Waals surface area (Å²) < 4.78 is 4.87. The molecule has 10 nitrogen and oxygen atoms in total. The Morgan fingerprint density at radius 3 is 2.45 bits per heavy atom. The lowest BCUT2D eigenvalue weighted by Gasteiger charge is -2.44. The summed E-state index contributed by atoms with van der Waals surface area (Å²) in [6.45, 7) is -0.890. The maximum atomic E-state index is 11.3. The van der Waals surface area contributed by atoms with Gasteiger partial charge in [0, 0.05) is 6.42 Å². The fourth-order valence-corrected chi connectivity index (χ4v) is 2.20. The Labute approximate surface area is 129 Å². The van der Waals surface area contributed by atoms with Crippen LogP contribution in [0.15, 0.2) is 0 Å². The smallest absolute Gasteiger partial charge is 0.364 e. The number of alkyl halides is 1. The average molecular weight is 344 g/mol. The summed E-state index contributed by atoms with van der Waals surface area (Å²) in [6, 6.07) is -1.35. The van der Waals surface area contributed by atoms with Crippen molar-refractivity contribution in [3.05, 3.63) is 0 Å². The van der Waals surface area contributed by atoms with Crippen LogP contribution >= 0.6 is 11.6 Å². The zero-order valence-electron chi connectivity index (χ0n) is 11.3. The Balaban J connectivity index is 3.07. The van der Waals surface area contributed by atoms with Gasteiger partial charge < -0.3 is 40.7 Å². The number of carbonyl (C=O) groups is 2. The average Bonchev–Trinajstić information content (AvgIpc) is 2.47. The molecule has 0 bridgehead atoms.